The van der Waals surface area contributed by atoms with Gasteiger partial charge in [0.25, 0.3) is 0 Å². The lowest BCUT2D eigenvalue weighted by atomic mass is 9.12. The smallest absolute Gasteiger partial charge is 0.200 e. The minimum Gasteiger partial charge on any atom is -0.207 e. The van der Waals surface area contributed by atoms with Gasteiger partial charge in [0, 0.05) is 5.56 Å². The summed E-state index contributed by atoms with van der Waals surface area (Å²) in [5.74, 6) is -70.9. The van der Waals surface area contributed by atoms with Crippen LogP contribution in [0.2, 0.25) is 0 Å². The first-order chi connectivity index (χ1) is 32.4. The molecule has 23 heteroatoms. The van der Waals surface area contributed by atoms with E-state index in [0.29, 0.717) is 5.75 Å². The molecule has 1 atom stereocenters. The quantitative estimate of drug-likeness (QED) is 0.0388. The van der Waals surface area contributed by atoms with Crippen molar-refractivity contribution in [2.24, 2.45) is 0 Å². The maximum atomic E-state index is 15.4. The summed E-state index contributed by atoms with van der Waals surface area (Å²) in [4.78, 5) is 0.919. The molecule has 8 rings (SSSR count). The third-order valence-electron chi connectivity index (χ3n) is 11.3. The van der Waals surface area contributed by atoms with Crippen molar-refractivity contribution in [2.75, 3.05) is 6.26 Å². The molecule has 1 unspecified atom stereocenters. The van der Waals surface area contributed by atoms with Gasteiger partial charge in [-0.1, -0.05) is 70.9 Å². The van der Waals surface area contributed by atoms with Crippen molar-refractivity contribution in [1.82, 2.24) is 0 Å². The number of rotatable bonds is 7. The van der Waals surface area contributed by atoms with Gasteiger partial charge >= 0.3 is 0 Å². The minimum absolute atomic E-state index is 0.554. The van der Waals surface area contributed by atoms with E-state index in [1.54, 1.807) is 0 Å². The molecule has 0 aliphatic heterocycles. The van der Waals surface area contributed by atoms with Crippen LogP contribution in [0.3, 0.4) is 0 Å². The van der Waals surface area contributed by atoms with Crippen molar-refractivity contribution in [1.29, 1.82) is 0 Å². The molecule has 0 heterocycles. The highest BCUT2D eigenvalue weighted by Gasteiger charge is 2.52. The van der Waals surface area contributed by atoms with Crippen molar-refractivity contribution >= 4 is 59.5 Å². The van der Waals surface area contributed by atoms with E-state index in [1.165, 1.54) is 27.1 Å². The van der Waals surface area contributed by atoms with Gasteiger partial charge in [-0.2, -0.15) is 0 Å². The molecule has 8 aromatic rings. The van der Waals surface area contributed by atoms with Crippen LogP contribution in [0.25, 0.3) is 21.5 Å². The van der Waals surface area contributed by atoms with Crippen molar-refractivity contribution in [3.05, 3.63) is 207 Å². The van der Waals surface area contributed by atoms with Gasteiger partial charge in [-0.25, -0.2) is 87.8 Å². The third-order valence-corrected chi connectivity index (χ3v) is 13.4. The zero-order chi connectivity index (χ0) is 50.9. The Hall–Kier alpha value is -6.91. The van der Waals surface area contributed by atoms with Crippen LogP contribution in [0.15, 0.2) is 89.8 Å². The van der Waals surface area contributed by atoms with Crippen LogP contribution >= 0.6 is 0 Å². The Labute approximate surface area is 374 Å². The molecular formula is C46H19BF20OS. The van der Waals surface area contributed by atoms with Gasteiger partial charge < -0.3 is 0 Å². The normalized spacial score (nSPS) is 12.7. The summed E-state index contributed by atoms with van der Waals surface area (Å²) in [5.41, 5.74) is -13.1. The Morgan fingerprint density at radius 3 is 0.841 bits per heavy atom. The molecule has 0 fully saturated rings. The lowest BCUT2D eigenvalue weighted by molar-refractivity contribution is 0.378. The number of hydrogen-bond donors (Lipinski definition) is 0. The van der Waals surface area contributed by atoms with E-state index in [1.807, 2.05) is 36.6 Å². The topological polar surface area (TPSA) is 17.1 Å². The Morgan fingerprint density at radius 1 is 0.333 bits per heavy atom. The van der Waals surface area contributed by atoms with Crippen molar-refractivity contribution in [3.8, 4) is 0 Å². The molecule has 0 aromatic heterocycles. The Morgan fingerprint density at radius 2 is 0.565 bits per heavy atom. The molecule has 358 valence electrons. The second-order valence-electron chi connectivity index (χ2n) is 15.1. The van der Waals surface area contributed by atoms with Crippen molar-refractivity contribution < 1.29 is 92.0 Å². The average Bonchev–Trinajstić information content (AvgIpc) is 3.34. The summed E-state index contributed by atoms with van der Waals surface area (Å²) in [6.07, 6.45) is -5.34. The second kappa shape index (κ2) is 18.2. The highest BCUT2D eigenvalue weighted by molar-refractivity contribution is 8.01. The fourth-order valence-corrected chi connectivity index (χ4v) is 9.97. The van der Waals surface area contributed by atoms with Crippen molar-refractivity contribution in [2.45, 2.75) is 10.6 Å². The molecule has 0 bridgehead atoms. The summed E-state index contributed by atoms with van der Waals surface area (Å²) in [6, 6.07) is 28.8. The summed E-state index contributed by atoms with van der Waals surface area (Å²) in [7, 11) is -2.15. The maximum absolute atomic E-state index is 15.4. The highest BCUT2D eigenvalue weighted by Crippen LogP contribution is 2.34. The lowest BCUT2D eigenvalue weighted by Gasteiger charge is -2.44. The number of benzene rings is 8. The largest absolute Gasteiger partial charge is 0.207 e. The predicted octanol–water partition coefficient (Wildman–Crippen LogP) is 11.5. The van der Waals surface area contributed by atoms with Crippen LogP contribution in [0.1, 0.15) is 5.56 Å². The Bertz CT molecular complexity index is 3040. The SMILES string of the molecule is C[S+](=O)(Cc1c2ccccc2cc2ccccc12)c1ccccc1.Fc1c(F)c(F)c([B-](c2c(F)c(F)c(F)c(F)c2F)(c2c(F)c(F)c(F)c(F)c2F)c2c(F)c(F)c(F)c(F)c2F)c(F)c1F. The molecule has 69 heavy (non-hydrogen) atoms. The van der Waals surface area contributed by atoms with Gasteiger partial charge in [0.1, 0.15) is 74.6 Å². The van der Waals surface area contributed by atoms with E-state index in [0.717, 1.165) is 4.90 Å². The Balaban J connectivity index is 0.000000244. The fourth-order valence-electron chi connectivity index (χ4n) is 8.20. The molecule has 1 nitrogen and oxygen atoms in total. The molecule has 0 spiro atoms. The van der Waals surface area contributed by atoms with E-state index < -0.39 is 154 Å². The van der Waals surface area contributed by atoms with Crippen LogP contribution in [-0.4, -0.2) is 12.4 Å². The third kappa shape index (κ3) is 7.73. The Kier molecular flexibility index (Phi) is 13.2. The predicted molar refractivity (Wildman–Crippen MR) is 213 cm³/mol. The van der Waals surface area contributed by atoms with Crippen molar-refractivity contribution in [3.63, 3.8) is 0 Å². The van der Waals surface area contributed by atoms with Gasteiger partial charge in [-0.05, 0) is 39.7 Å². The van der Waals surface area contributed by atoms with Crippen LogP contribution in [0, 0.1) is 116 Å². The van der Waals surface area contributed by atoms with Crippen LogP contribution in [0.4, 0.5) is 87.8 Å². The minimum atomic E-state index is -7.22. The zero-order valence-corrected chi connectivity index (χ0v) is 34.6. The van der Waals surface area contributed by atoms with E-state index in [9.17, 15) is 56.9 Å². The first kappa shape index (κ1) is 50.0. The molecule has 0 aliphatic carbocycles. The van der Waals surface area contributed by atoms with Gasteiger partial charge in [0.15, 0.2) is 74.7 Å². The van der Waals surface area contributed by atoms with E-state index >= 15 is 35.1 Å². The molecule has 0 N–H and O–H groups in total. The molecular weight excluding hydrogens is 991 g/mol. The van der Waals surface area contributed by atoms with Gasteiger partial charge in [0.05, 0.1) is 0 Å². The fraction of sp³-hybridized carbons (Fsp3) is 0.0435. The average molecular weight is 1010 g/mol. The maximum Gasteiger partial charge on any atom is 0.200 e. The molecule has 8 aromatic carbocycles. The number of fused-ring (bicyclic) bond motifs is 2. The second-order valence-corrected chi connectivity index (χ2v) is 17.8. The summed E-state index contributed by atoms with van der Waals surface area (Å²) >= 11 is 0. The van der Waals surface area contributed by atoms with Gasteiger partial charge in [0.2, 0.25) is 0 Å². The first-order valence-electron chi connectivity index (χ1n) is 19.0. The van der Waals surface area contributed by atoms with E-state index in [4.69, 9.17) is 0 Å². The van der Waals surface area contributed by atoms with E-state index in [-0.39, 0.29) is 0 Å². The number of hydrogen-bond acceptors (Lipinski definition) is 1. The van der Waals surface area contributed by atoms with Gasteiger partial charge in [-0.15, -0.1) is 21.9 Å². The summed E-state index contributed by atoms with van der Waals surface area (Å²) in [5, 5.41) is 4.80. The first-order valence-corrected chi connectivity index (χ1v) is 21.1. The molecule has 0 saturated carbocycles. The lowest BCUT2D eigenvalue weighted by Crippen LogP contribution is -2.81. The molecule has 0 radical (unpaired) electrons. The summed E-state index contributed by atoms with van der Waals surface area (Å²) in [6.45, 7) is 0. The monoisotopic (exact) mass is 1010 g/mol. The van der Waals surface area contributed by atoms with Crippen LogP contribution < -0.4 is 21.9 Å². The van der Waals surface area contributed by atoms with Gasteiger partial charge in [-0.3, -0.25) is 0 Å². The van der Waals surface area contributed by atoms with Crippen LogP contribution in [-0.2, 0) is 19.9 Å². The summed E-state index contributed by atoms with van der Waals surface area (Å²) < 4.78 is 307. The highest BCUT2D eigenvalue weighted by atomic mass is 32.2. The zero-order valence-electron chi connectivity index (χ0n) is 33.7. The standard InChI is InChI=1S/C24BF20.C22H19OS/c26-5-1(6(27)14(35)21(42)13(5)34)25(2-7(28)15(36)22(43)16(37)8(2)29,3-9(30)17(38)23(44)18(39)10(3)31)4-11(32)19(40)24(45)20(41)12(4)33;1-24(23,19-11-3-2-4-12-19)16-22-20-13-7-5-9-17(20)15-18-10-6-8-14-21(18)22/h;2-15H,16H2,1H3/q-1;+1. The number of halogens is 20. The van der Waals surface area contributed by atoms with Crippen LogP contribution in [0.5, 0.6) is 0 Å². The van der Waals surface area contributed by atoms with E-state index in [2.05, 4.69) is 54.6 Å². The molecule has 0 aliphatic rings. The molecule has 0 saturated heterocycles. The molecule has 0 amide bonds.